The summed E-state index contributed by atoms with van der Waals surface area (Å²) < 4.78 is 5.15. The van der Waals surface area contributed by atoms with Gasteiger partial charge in [0, 0.05) is 10.7 Å². The number of carbonyl (C=O) groups excluding carboxylic acids is 1. The number of nitrogens with one attached hydrogen (secondary N) is 2. The first-order chi connectivity index (χ1) is 11.6. The van der Waals surface area contributed by atoms with Crippen LogP contribution in [0.4, 0.5) is 11.5 Å². The summed E-state index contributed by atoms with van der Waals surface area (Å²) in [5.41, 5.74) is 2.10. The third-order valence-corrected chi connectivity index (χ3v) is 3.57. The lowest BCUT2D eigenvalue weighted by molar-refractivity contribution is 0.0942. The number of aryl methyl sites for hydroxylation is 1. The molecule has 1 aromatic carbocycles. The summed E-state index contributed by atoms with van der Waals surface area (Å²) in [4.78, 5) is 20.4. The molecule has 24 heavy (non-hydrogen) atoms. The molecular formula is C17H15ClN4O2. The summed E-state index contributed by atoms with van der Waals surface area (Å²) in [5.74, 6) is 0.906. The maximum atomic E-state index is 12.0. The summed E-state index contributed by atoms with van der Waals surface area (Å²) in [7, 11) is 0. The Morgan fingerprint density at radius 2 is 2.12 bits per heavy atom. The quantitative estimate of drug-likeness (QED) is 0.739. The second-order valence-corrected chi connectivity index (χ2v) is 5.57. The van der Waals surface area contributed by atoms with Gasteiger partial charge in [-0.05, 0) is 42.8 Å². The molecule has 6 nitrogen and oxygen atoms in total. The van der Waals surface area contributed by atoms with Gasteiger partial charge in [-0.25, -0.2) is 9.97 Å². The van der Waals surface area contributed by atoms with Crippen LogP contribution in [0, 0.1) is 6.92 Å². The van der Waals surface area contributed by atoms with Crippen molar-refractivity contribution in [3.63, 3.8) is 0 Å². The first kappa shape index (κ1) is 16.0. The van der Waals surface area contributed by atoms with E-state index in [0.717, 1.165) is 11.3 Å². The number of halogens is 1. The first-order valence-corrected chi connectivity index (χ1v) is 7.65. The van der Waals surface area contributed by atoms with Gasteiger partial charge in [-0.3, -0.25) is 4.79 Å². The van der Waals surface area contributed by atoms with Crippen LogP contribution in [0.25, 0.3) is 0 Å². The van der Waals surface area contributed by atoms with E-state index in [1.54, 1.807) is 24.5 Å². The number of aromatic nitrogens is 2. The molecule has 2 N–H and O–H groups in total. The summed E-state index contributed by atoms with van der Waals surface area (Å²) in [6.07, 6.45) is 4.49. The van der Waals surface area contributed by atoms with Gasteiger partial charge >= 0.3 is 0 Å². The Hall–Kier alpha value is -2.86. The highest BCUT2D eigenvalue weighted by molar-refractivity contribution is 6.30. The van der Waals surface area contributed by atoms with Crippen LogP contribution in [0.5, 0.6) is 0 Å². The van der Waals surface area contributed by atoms with E-state index in [-0.39, 0.29) is 11.6 Å². The van der Waals surface area contributed by atoms with Crippen LogP contribution in [0.3, 0.4) is 0 Å². The minimum absolute atomic E-state index is 0.236. The van der Waals surface area contributed by atoms with Gasteiger partial charge in [-0.15, -0.1) is 0 Å². The van der Waals surface area contributed by atoms with E-state index in [1.807, 2.05) is 19.1 Å². The fourth-order valence-electron chi connectivity index (χ4n) is 2.09. The zero-order chi connectivity index (χ0) is 16.9. The summed E-state index contributed by atoms with van der Waals surface area (Å²) in [5, 5.41) is 6.53. The van der Waals surface area contributed by atoms with Gasteiger partial charge in [0.25, 0.3) is 5.91 Å². The van der Waals surface area contributed by atoms with Gasteiger partial charge < -0.3 is 15.1 Å². The third kappa shape index (κ3) is 3.91. The minimum Gasteiger partial charge on any atom is -0.467 e. The van der Waals surface area contributed by atoms with Crippen molar-refractivity contribution in [2.75, 3.05) is 5.32 Å². The zero-order valence-corrected chi connectivity index (χ0v) is 13.7. The normalized spacial score (nSPS) is 10.4. The van der Waals surface area contributed by atoms with E-state index < -0.39 is 0 Å². The molecule has 0 fully saturated rings. The molecule has 0 saturated heterocycles. The van der Waals surface area contributed by atoms with E-state index in [9.17, 15) is 4.79 Å². The molecule has 0 saturated carbocycles. The monoisotopic (exact) mass is 342 g/mol. The number of anilines is 2. The fourth-order valence-corrected chi connectivity index (χ4v) is 2.31. The number of nitrogens with zero attached hydrogens (tertiary/aromatic N) is 2. The van der Waals surface area contributed by atoms with Crippen LogP contribution in [0.2, 0.25) is 5.02 Å². The molecule has 1 amide bonds. The maximum absolute atomic E-state index is 12.0. The van der Waals surface area contributed by atoms with Crippen molar-refractivity contribution in [1.82, 2.24) is 15.3 Å². The van der Waals surface area contributed by atoms with Crippen LogP contribution in [-0.4, -0.2) is 15.9 Å². The molecule has 7 heteroatoms. The SMILES string of the molecule is Cc1cc(Cl)ccc1Nc1cnc(C(=O)NCc2ccco2)cn1. The van der Waals surface area contributed by atoms with Crippen LogP contribution >= 0.6 is 11.6 Å². The van der Waals surface area contributed by atoms with Crippen molar-refractivity contribution >= 4 is 29.0 Å². The molecule has 2 heterocycles. The summed E-state index contributed by atoms with van der Waals surface area (Å²) >= 11 is 5.94. The highest BCUT2D eigenvalue weighted by Crippen LogP contribution is 2.22. The molecule has 0 aliphatic rings. The molecule has 0 aliphatic heterocycles. The number of furan rings is 1. The van der Waals surface area contributed by atoms with E-state index >= 15 is 0 Å². The van der Waals surface area contributed by atoms with E-state index in [0.29, 0.717) is 23.1 Å². The molecule has 0 radical (unpaired) electrons. The molecule has 0 spiro atoms. The van der Waals surface area contributed by atoms with Gasteiger partial charge in [-0.1, -0.05) is 11.6 Å². The van der Waals surface area contributed by atoms with Gasteiger partial charge in [-0.2, -0.15) is 0 Å². The number of amides is 1. The third-order valence-electron chi connectivity index (χ3n) is 3.34. The lowest BCUT2D eigenvalue weighted by Crippen LogP contribution is -2.23. The maximum Gasteiger partial charge on any atom is 0.271 e. The average molecular weight is 343 g/mol. The van der Waals surface area contributed by atoms with Crippen molar-refractivity contribution in [1.29, 1.82) is 0 Å². The van der Waals surface area contributed by atoms with Gasteiger partial charge in [0.15, 0.2) is 0 Å². The number of benzene rings is 1. The zero-order valence-electron chi connectivity index (χ0n) is 12.9. The predicted octanol–water partition coefficient (Wildman–Crippen LogP) is 3.71. The van der Waals surface area contributed by atoms with Crippen LogP contribution < -0.4 is 10.6 Å². The first-order valence-electron chi connectivity index (χ1n) is 7.27. The number of hydrogen-bond acceptors (Lipinski definition) is 5. The van der Waals surface area contributed by atoms with Crippen molar-refractivity contribution in [3.05, 3.63) is 71.0 Å². The molecule has 0 unspecified atom stereocenters. The van der Waals surface area contributed by atoms with Gasteiger partial charge in [0.2, 0.25) is 0 Å². The van der Waals surface area contributed by atoms with Crippen molar-refractivity contribution in [2.24, 2.45) is 0 Å². The standard InChI is InChI=1S/C17H15ClN4O2/c1-11-7-12(18)4-5-14(11)22-16-10-19-15(9-20-16)17(23)21-8-13-3-2-6-24-13/h2-7,9-10H,8H2,1H3,(H,20,22)(H,21,23). The predicted molar refractivity (Wildman–Crippen MR) is 91.4 cm³/mol. The minimum atomic E-state index is -0.312. The van der Waals surface area contributed by atoms with Crippen LogP contribution in [-0.2, 0) is 6.54 Å². The smallest absolute Gasteiger partial charge is 0.271 e. The highest BCUT2D eigenvalue weighted by atomic mass is 35.5. The largest absolute Gasteiger partial charge is 0.467 e. The van der Waals surface area contributed by atoms with Crippen molar-refractivity contribution in [2.45, 2.75) is 13.5 Å². The lowest BCUT2D eigenvalue weighted by atomic mass is 10.2. The molecule has 3 aromatic rings. The average Bonchev–Trinajstić information content (AvgIpc) is 3.09. The molecule has 3 rings (SSSR count). The Kier molecular flexibility index (Phi) is 4.77. The van der Waals surface area contributed by atoms with Crippen LogP contribution in [0.1, 0.15) is 21.8 Å². The molecule has 122 valence electrons. The number of hydrogen-bond donors (Lipinski definition) is 2. The summed E-state index contributed by atoms with van der Waals surface area (Å²) in [6.45, 7) is 2.25. The molecule has 0 atom stereocenters. The van der Waals surface area contributed by atoms with E-state index in [1.165, 1.54) is 12.4 Å². The number of rotatable bonds is 5. The molecule has 0 bridgehead atoms. The Morgan fingerprint density at radius 3 is 2.79 bits per heavy atom. The molecular weight excluding hydrogens is 328 g/mol. The highest BCUT2D eigenvalue weighted by Gasteiger charge is 2.09. The Bertz CT molecular complexity index is 832. The van der Waals surface area contributed by atoms with E-state index in [4.69, 9.17) is 16.0 Å². The fraction of sp³-hybridized carbons (Fsp3) is 0.118. The Morgan fingerprint density at radius 1 is 1.25 bits per heavy atom. The second kappa shape index (κ2) is 7.14. The Balaban J connectivity index is 1.63. The van der Waals surface area contributed by atoms with Crippen molar-refractivity contribution in [3.8, 4) is 0 Å². The summed E-state index contributed by atoms with van der Waals surface area (Å²) in [6, 6.07) is 9.06. The van der Waals surface area contributed by atoms with Crippen LogP contribution in [0.15, 0.2) is 53.4 Å². The van der Waals surface area contributed by atoms with Gasteiger partial charge in [0.1, 0.15) is 17.3 Å². The molecule has 0 aliphatic carbocycles. The van der Waals surface area contributed by atoms with E-state index in [2.05, 4.69) is 20.6 Å². The topological polar surface area (TPSA) is 80.0 Å². The van der Waals surface area contributed by atoms with Crippen molar-refractivity contribution < 1.29 is 9.21 Å². The number of carbonyl (C=O) groups is 1. The molecule has 2 aromatic heterocycles. The lowest BCUT2D eigenvalue weighted by Gasteiger charge is -2.09. The second-order valence-electron chi connectivity index (χ2n) is 5.13. The van der Waals surface area contributed by atoms with Gasteiger partial charge in [0.05, 0.1) is 25.2 Å². The Labute approximate surface area is 143 Å².